The Kier molecular flexibility index (Phi) is 2.07. The fraction of sp³-hybridized carbons (Fsp3) is 0.778. The van der Waals surface area contributed by atoms with E-state index in [1.54, 1.807) is 7.11 Å². The molecule has 1 aliphatic carbocycles. The molecule has 72 valence electrons. The molecule has 1 aliphatic heterocycles. The van der Waals surface area contributed by atoms with E-state index in [2.05, 4.69) is 0 Å². The summed E-state index contributed by atoms with van der Waals surface area (Å²) in [4.78, 5) is 21.8. The molecule has 2 rings (SSSR count). The van der Waals surface area contributed by atoms with Crippen molar-refractivity contribution in [3.05, 3.63) is 0 Å². The number of esters is 1. The van der Waals surface area contributed by atoms with Gasteiger partial charge in [0.1, 0.15) is 18.3 Å². The van der Waals surface area contributed by atoms with Crippen LogP contribution in [0.2, 0.25) is 0 Å². The van der Waals surface area contributed by atoms with Gasteiger partial charge in [0, 0.05) is 13.0 Å². The number of hydrogen-bond acceptors (Lipinski definition) is 4. The van der Waals surface area contributed by atoms with Gasteiger partial charge in [-0.15, -0.1) is 0 Å². The Hall–Kier alpha value is -0.900. The Bertz CT molecular complexity index is 238. The quantitative estimate of drug-likeness (QED) is 0.348. The summed E-state index contributed by atoms with van der Waals surface area (Å²) >= 11 is 0. The van der Waals surface area contributed by atoms with Crippen molar-refractivity contribution in [1.82, 2.24) is 0 Å². The number of hydrogen-bond donors (Lipinski definition) is 0. The number of aldehydes is 1. The van der Waals surface area contributed by atoms with Crippen molar-refractivity contribution in [1.29, 1.82) is 0 Å². The van der Waals surface area contributed by atoms with Gasteiger partial charge in [-0.2, -0.15) is 0 Å². The van der Waals surface area contributed by atoms with Crippen LogP contribution in [-0.4, -0.2) is 31.6 Å². The number of methoxy groups -OCH3 is 1. The fourth-order valence-electron chi connectivity index (χ4n) is 2.30. The fourth-order valence-corrected chi connectivity index (χ4v) is 2.30. The van der Waals surface area contributed by atoms with E-state index in [0.717, 1.165) is 12.8 Å². The van der Waals surface area contributed by atoms with Crippen LogP contribution in [0.15, 0.2) is 0 Å². The molecular weight excluding hydrogens is 172 g/mol. The van der Waals surface area contributed by atoms with Crippen LogP contribution in [0.4, 0.5) is 0 Å². The number of rotatable bonds is 2. The van der Waals surface area contributed by atoms with Crippen LogP contribution in [-0.2, 0) is 19.1 Å². The minimum atomic E-state index is -0.551. The van der Waals surface area contributed by atoms with Crippen molar-refractivity contribution in [3.8, 4) is 0 Å². The zero-order valence-electron chi connectivity index (χ0n) is 7.43. The Morgan fingerprint density at radius 1 is 1.54 bits per heavy atom. The number of carbonyl (C=O) groups is 2. The number of carbonyl (C=O) groups excluding carboxylic acids is 2. The SMILES string of the molecule is COC1CCC2C(C=O)C(=O)OC12. The largest absolute Gasteiger partial charge is 0.459 e. The van der Waals surface area contributed by atoms with Crippen LogP contribution >= 0.6 is 0 Å². The first-order chi connectivity index (χ1) is 6.27. The molecule has 1 heterocycles. The molecule has 4 atom stereocenters. The second-order valence-electron chi connectivity index (χ2n) is 3.58. The Labute approximate surface area is 76.2 Å². The van der Waals surface area contributed by atoms with Crippen LogP contribution in [0.25, 0.3) is 0 Å². The molecule has 13 heavy (non-hydrogen) atoms. The molecule has 0 N–H and O–H groups in total. The highest BCUT2D eigenvalue weighted by Crippen LogP contribution is 2.40. The standard InChI is InChI=1S/C9H12O4/c1-12-7-3-2-5-6(4-10)9(11)13-8(5)7/h4-8H,2-3H2,1H3. The molecule has 1 saturated heterocycles. The maximum absolute atomic E-state index is 11.2. The number of ether oxygens (including phenoxy) is 2. The van der Waals surface area contributed by atoms with Crippen molar-refractivity contribution in [2.24, 2.45) is 11.8 Å². The average Bonchev–Trinajstić information content (AvgIpc) is 2.62. The molecule has 0 bridgehead atoms. The first-order valence-electron chi connectivity index (χ1n) is 4.46. The molecule has 4 unspecified atom stereocenters. The van der Waals surface area contributed by atoms with Gasteiger partial charge in [0.05, 0.1) is 6.10 Å². The molecule has 4 nitrogen and oxygen atoms in total. The summed E-state index contributed by atoms with van der Waals surface area (Å²) in [7, 11) is 1.61. The zero-order chi connectivity index (χ0) is 9.42. The van der Waals surface area contributed by atoms with Crippen LogP contribution in [0.5, 0.6) is 0 Å². The molecule has 0 radical (unpaired) electrons. The van der Waals surface area contributed by atoms with E-state index in [9.17, 15) is 9.59 Å². The summed E-state index contributed by atoms with van der Waals surface area (Å²) in [6, 6.07) is 0. The lowest BCUT2D eigenvalue weighted by molar-refractivity contribution is -0.148. The Morgan fingerprint density at radius 3 is 2.92 bits per heavy atom. The summed E-state index contributed by atoms with van der Waals surface area (Å²) in [5.41, 5.74) is 0. The molecular formula is C9H12O4. The normalized spacial score (nSPS) is 43.0. The lowest BCUT2D eigenvalue weighted by Crippen LogP contribution is -2.26. The summed E-state index contributed by atoms with van der Waals surface area (Å²) in [6.07, 6.45) is 2.22. The zero-order valence-corrected chi connectivity index (χ0v) is 7.43. The first-order valence-corrected chi connectivity index (χ1v) is 4.46. The Morgan fingerprint density at radius 2 is 2.31 bits per heavy atom. The van der Waals surface area contributed by atoms with Gasteiger partial charge in [-0.05, 0) is 12.8 Å². The third kappa shape index (κ3) is 1.16. The third-order valence-corrected chi connectivity index (χ3v) is 3.01. The molecule has 0 aromatic heterocycles. The van der Waals surface area contributed by atoms with Gasteiger partial charge < -0.3 is 14.3 Å². The third-order valence-electron chi connectivity index (χ3n) is 3.01. The van der Waals surface area contributed by atoms with Crippen LogP contribution in [0.3, 0.4) is 0 Å². The predicted molar refractivity (Wildman–Crippen MR) is 43.0 cm³/mol. The van der Waals surface area contributed by atoms with Crippen LogP contribution < -0.4 is 0 Å². The molecule has 0 aromatic rings. The second-order valence-corrected chi connectivity index (χ2v) is 3.58. The van der Waals surface area contributed by atoms with Gasteiger partial charge >= 0.3 is 5.97 Å². The Balaban J connectivity index is 2.16. The van der Waals surface area contributed by atoms with Gasteiger partial charge in [-0.1, -0.05) is 0 Å². The van der Waals surface area contributed by atoms with Crippen molar-refractivity contribution >= 4 is 12.3 Å². The van der Waals surface area contributed by atoms with E-state index in [1.165, 1.54) is 0 Å². The molecule has 0 amide bonds. The van der Waals surface area contributed by atoms with Gasteiger partial charge in [-0.3, -0.25) is 4.79 Å². The highest BCUT2D eigenvalue weighted by molar-refractivity contribution is 5.90. The van der Waals surface area contributed by atoms with Gasteiger partial charge in [0.25, 0.3) is 0 Å². The topological polar surface area (TPSA) is 52.6 Å². The second kappa shape index (κ2) is 3.10. The molecule has 1 saturated carbocycles. The maximum atomic E-state index is 11.2. The molecule has 2 aliphatic rings. The first kappa shape index (κ1) is 8.69. The lowest BCUT2D eigenvalue weighted by Gasteiger charge is -2.15. The molecule has 0 aromatic carbocycles. The summed E-state index contributed by atoms with van der Waals surface area (Å²) in [5, 5.41) is 0. The molecule has 0 spiro atoms. The predicted octanol–water partition coefficient (Wildman–Crippen LogP) is 0.152. The molecule has 4 heteroatoms. The van der Waals surface area contributed by atoms with E-state index in [1.807, 2.05) is 0 Å². The van der Waals surface area contributed by atoms with Crippen molar-refractivity contribution in [2.75, 3.05) is 7.11 Å². The van der Waals surface area contributed by atoms with E-state index in [4.69, 9.17) is 9.47 Å². The summed E-state index contributed by atoms with van der Waals surface area (Å²) in [5.74, 6) is -0.883. The van der Waals surface area contributed by atoms with Crippen molar-refractivity contribution in [3.63, 3.8) is 0 Å². The minimum absolute atomic E-state index is 0.0149. The van der Waals surface area contributed by atoms with Crippen molar-refractivity contribution < 1.29 is 19.1 Å². The van der Waals surface area contributed by atoms with E-state index in [0.29, 0.717) is 6.29 Å². The van der Waals surface area contributed by atoms with Gasteiger partial charge in [-0.25, -0.2) is 0 Å². The van der Waals surface area contributed by atoms with Crippen LogP contribution in [0.1, 0.15) is 12.8 Å². The van der Waals surface area contributed by atoms with Gasteiger partial charge in [0.15, 0.2) is 0 Å². The van der Waals surface area contributed by atoms with Crippen LogP contribution in [0, 0.1) is 11.8 Å². The van der Waals surface area contributed by atoms with E-state index < -0.39 is 5.92 Å². The van der Waals surface area contributed by atoms with E-state index in [-0.39, 0.29) is 24.1 Å². The minimum Gasteiger partial charge on any atom is -0.459 e. The smallest absolute Gasteiger partial charge is 0.316 e. The van der Waals surface area contributed by atoms with E-state index >= 15 is 0 Å². The van der Waals surface area contributed by atoms with Crippen molar-refractivity contribution in [2.45, 2.75) is 25.0 Å². The summed E-state index contributed by atoms with van der Waals surface area (Å²) in [6.45, 7) is 0. The highest BCUT2D eigenvalue weighted by atomic mass is 16.6. The maximum Gasteiger partial charge on any atom is 0.316 e. The molecule has 2 fully saturated rings. The summed E-state index contributed by atoms with van der Waals surface area (Å²) < 4.78 is 10.3. The lowest BCUT2D eigenvalue weighted by atomic mass is 9.93. The van der Waals surface area contributed by atoms with Gasteiger partial charge in [0.2, 0.25) is 0 Å². The number of fused-ring (bicyclic) bond motifs is 1. The monoisotopic (exact) mass is 184 g/mol. The highest BCUT2D eigenvalue weighted by Gasteiger charge is 2.51. The average molecular weight is 184 g/mol.